The van der Waals surface area contributed by atoms with Crippen molar-refractivity contribution in [3.8, 4) is 11.5 Å². The van der Waals surface area contributed by atoms with Crippen LogP contribution < -0.4 is 14.8 Å². The molecule has 0 unspecified atom stereocenters. The molecular weight excluding hydrogens is 416 g/mol. The highest BCUT2D eigenvalue weighted by atomic mass is 32.2. The Morgan fingerprint density at radius 3 is 2.93 bits per heavy atom. The Balaban J connectivity index is 1.26. The molecular formula is C18H22N4O5S2. The molecule has 9 nitrogen and oxygen atoms in total. The lowest BCUT2D eigenvalue weighted by molar-refractivity contribution is -0.118. The van der Waals surface area contributed by atoms with Gasteiger partial charge in [-0.3, -0.25) is 4.79 Å². The summed E-state index contributed by atoms with van der Waals surface area (Å²) in [6, 6.07) is 5.57. The van der Waals surface area contributed by atoms with Gasteiger partial charge in [-0.15, -0.1) is 10.2 Å². The number of sulfone groups is 1. The summed E-state index contributed by atoms with van der Waals surface area (Å²) < 4.78 is 35.7. The summed E-state index contributed by atoms with van der Waals surface area (Å²) >= 11 is 1.30. The lowest BCUT2D eigenvalue weighted by atomic mass is 10.1. The molecule has 1 N–H and O–H groups in total. The molecule has 2 aliphatic rings. The highest BCUT2D eigenvalue weighted by Crippen LogP contribution is 2.32. The van der Waals surface area contributed by atoms with Crippen molar-refractivity contribution >= 4 is 27.5 Å². The summed E-state index contributed by atoms with van der Waals surface area (Å²) in [6.07, 6.45) is 1.25. The Bertz CT molecular complexity index is 1020. The fraction of sp³-hybridized carbons (Fsp3) is 0.500. The van der Waals surface area contributed by atoms with Gasteiger partial charge in [-0.25, -0.2) is 8.42 Å². The fourth-order valence-electron chi connectivity index (χ4n) is 3.37. The van der Waals surface area contributed by atoms with Gasteiger partial charge in [-0.2, -0.15) is 0 Å². The minimum atomic E-state index is -2.91. The predicted molar refractivity (Wildman–Crippen MR) is 107 cm³/mol. The molecule has 0 saturated carbocycles. The number of thioether (sulfide) groups is 1. The third kappa shape index (κ3) is 4.84. The minimum Gasteiger partial charge on any atom is -0.454 e. The number of ether oxygens (including phenoxy) is 2. The molecule has 1 amide bonds. The lowest BCUT2D eigenvalue weighted by Crippen LogP contribution is -2.24. The Morgan fingerprint density at radius 1 is 1.31 bits per heavy atom. The number of carbonyl (C=O) groups is 1. The fourth-order valence-corrected chi connectivity index (χ4v) is 5.99. The summed E-state index contributed by atoms with van der Waals surface area (Å²) in [5, 5.41) is 11.8. The lowest BCUT2D eigenvalue weighted by Gasteiger charge is -2.08. The van der Waals surface area contributed by atoms with Gasteiger partial charge >= 0.3 is 0 Å². The highest BCUT2D eigenvalue weighted by Gasteiger charge is 2.29. The van der Waals surface area contributed by atoms with E-state index in [9.17, 15) is 13.2 Å². The van der Waals surface area contributed by atoms with Crippen LogP contribution in [0.1, 0.15) is 17.8 Å². The molecule has 3 heterocycles. The first-order valence-electron chi connectivity index (χ1n) is 9.26. The van der Waals surface area contributed by atoms with Crippen LogP contribution >= 0.6 is 11.8 Å². The van der Waals surface area contributed by atoms with Crippen molar-refractivity contribution in [1.82, 2.24) is 20.1 Å². The van der Waals surface area contributed by atoms with E-state index in [-0.39, 0.29) is 35.9 Å². The van der Waals surface area contributed by atoms with Crippen LogP contribution in [0.15, 0.2) is 23.4 Å². The number of hydrogen-bond donors (Lipinski definition) is 1. The first kappa shape index (κ1) is 20.0. The summed E-state index contributed by atoms with van der Waals surface area (Å²) in [5.74, 6) is 2.80. The molecule has 1 saturated heterocycles. The summed E-state index contributed by atoms with van der Waals surface area (Å²) in [7, 11) is -1.07. The number of nitrogens with zero attached hydrogens (tertiary/aromatic N) is 3. The molecule has 1 aromatic carbocycles. The van der Waals surface area contributed by atoms with Gasteiger partial charge in [0.15, 0.2) is 26.5 Å². The van der Waals surface area contributed by atoms with Crippen LogP contribution in [0.2, 0.25) is 0 Å². The summed E-state index contributed by atoms with van der Waals surface area (Å²) in [4.78, 5) is 12.2. The molecule has 1 aromatic heterocycles. The number of rotatable bonds is 7. The molecule has 4 rings (SSSR count). The van der Waals surface area contributed by atoms with Gasteiger partial charge < -0.3 is 19.4 Å². The van der Waals surface area contributed by atoms with Crippen LogP contribution in [0.5, 0.6) is 11.5 Å². The maximum atomic E-state index is 12.2. The zero-order valence-electron chi connectivity index (χ0n) is 16.0. The standard InChI is InChI=1S/C18H22N4O5S2/c1-22-16(7-13-4-5-29(24,25)10-13)20-21-18(22)28-9-17(23)19-8-12-2-3-14-15(6-12)27-11-26-14/h2-3,6,13H,4-5,7-11H2,1H3,(H,19,23)/t13-/m1/s1. The number of nitrogens with one attached hydrogen (secondary N) is 1. The van der Waals surface area contributed by atoms with E-state index in [1.165, 1.54) is 11.8 Å². The van der Waals surface area contributed by atoms with Crippen LogP contribution in [-0.4, -0.2) is 53.1 Å². The predicted octanol–water partition coefficient (Wildman–Crippen LogP) is 0.929. The quantitative estimate of drug-likeness (QED) is 0.636. The summed E-state index contributed by atoms with van der Waals surface area (Å²) in [5.41, 5.74) is 0.931. The first-order valence-corrected chi connectivity index (χ1v) is 12.1. The number of benzene rings is 1. The Morgan fingerprint density at radius 2 is 2.14 bits per heavy atom. The van der Waals surface area contributed by atoms with Crippen molar-refractivity contribution in [2.45, 2.75) is 24.5 Å². The average molecular weight is 439 g/mol. The Labute approximate surface area is 173 Å². The van der Waals surface area contributed by atoms with E-state index in [4.69, 9.17) is 9.47 Å². The molecule has 2 aromatic rings. The minimum absolute atomic E-state index is 0.0887. The van der Waals surface area contributed by atoms with Crippen molar-refractivity contribution in [3.63, 3.8) is 0 Å². The smallest absolute Gasteiger partial charge is 0.231 e. The van der Waals surface area contributed by atoms with E-state index in [2.05, 4.69) is 15.5 Å². The number of aromatic nitrogens is 3. The highest BCUT2D eigenvalue weighted by molar-refractivity contribution is 7.99. The Hall–Kier alpha value is -2.27. The third-order valence-corrected chi connectivity index (χ3v) is 7.84. The van der Waals surface area contributed by atoms with Gasteiger partial charge in [0.05, 0.1) is 17.3 Å². The number of carbonyl (C=O) groups excluding carboxylic acids is 1. The van der Waals surface area contributed by atoms with Gasteiger partial charge in [-0.1, -0.05) is 17.8 Å². The van der Waals surface area contributed by atoms with Crippen LogP contribution in [0.3, 0.4) is 0 Å². The molecule has 0 aliphatic carbocycles. The molecule has 0 radical (unpaired) electrons. The summed E-state index contributed by atoms with van der Waals surface area (Å²) in [6.45, 7) is 0.619. The van der Waals surface area contributed by atoms with E-state index >= 15 is 0 Å². The van der Waals surface area contributed by atoms with Crippen LogP contribution in [0.25, 0.3) is 0 Å². The van der Waals surface area contributed by atoms with Crippen molar-refractivity contribution in [3.05, 3.63) is 29.6 Å². The number of hydrogen-bond acceptors (Lipinski definition) is 8. The van der Waals surface area contributed by atoms with E-state index in [1.807, 2.05) is 29.8 Å². The Kier molecular flexibility index (Phi) is 5.68. The van der Waals surface area contributed by atoms with Crippen molar-refractivity contribution in [2.24, 2.45) is 13.0 Å². The zero-order chi connectivity index (χ0) is 20.4. The first-order chi connectivity index (χ1) is 13.9. The van der Waals surface area contributed by atoms with Gasteiger partial charge in [0.1, 0.15) is 5.82 Å². The molecule has 11 heteroatoms. The van der Waals surface area contributed by atoms with E-state index in [1.54, 1.807) is 0 Å². The molecule has 29 heavy (non-hydrogen) atoms. The van der Waals surface area contributed by atoms with Crippen LogP contribution in [0.4, 0.5) is 0 Å². The molecule has 0 spiro atoms. The topological polar surface area (TPSA) is 112 Å². The second-order valence-electron chi connectivity index (χ2n) is 7.18. The van der Waals surface area contributed by atoms with E-state index in [0.29, 0.717) is 36.0 Å². The molecule has 2 aliphatic heterocycles. The molecule has 0 bridgehead atoms. The van der Waals surface area contributed by atoms with Crippen LogP contribution in [0, 0.1) is 5.92 Å². The average Bonchev–Trinajstić information content (AvgIpc) is 3.38. The second-order valence-corrected chi connectivity index (χ2v) is 10.4. The zero-order valence-corrected chi connectivity index (χ0v) is 17.6. The number of amides is 1. The SMILES string of the molecule is Cn1c(C[C@H]2CCS(=O)(=O)C2)nnc1SCC(=O)NCc1ccc2c(c1)OCO2. The monoisotopic (exact) mass is 438 g/mol. The number of fused-ring (bicyclic) bond motifs is 1. The second kappa shape index (κ2) is 8.23. The molecule has 1 fully saturated rings. The van der Waals surface area contributed by atoms with Crippen molar-refractivity contribution in [2.75, 3.05) is 24.1 Å². The molecule has 1 atom stereocenters. The van der Waals surface area contributed by atoms with E-state index in [0.717, 1.165) is 11.4 Å². The van der Waals surface area contributed by atoms with Crippen LogP contribution in [-0.2, 0) is 34.6 Å². The van der Waals surface area contributed by atoms with Crippen molar-refractivity contribution < 1.29 is 22.7 Å². The maximum absolute atomic E-state index is 12.2. The van der Waals surface area contributed by atoms with Gasteiger partial charge in [0, 0.05) is 20.0 Å². The van der Waals surface area contributed by atoms with Gasteiger partial charge in [-0.05, 0) is 30.0 Å². The van der Waals surface area contributed by atoms with Gasteiger partial charge in [0.25, 0.3) is 0 Å². The molecule has 156 valence electrons. The largest absolute Gasteiger partial charge is 0.454 e. The third-order valence-electron chi connectivity index (χ3n) is 4.98. The van der Waals surface area contributed by atoms with Gasteiger partial charge in [0.2, 0.25) is 12.7 Å². The normalized spacial score (nSPS) is 19.4. The van der Waals surface area contributed by atoms with Crippen molar-refractivity contribution in [1.29, 1.82) is 0 Å². The maximum Gasteiger partial charge on any atom is 0.231 e. The van der Waals surface area contributed by atoms with E-state index < -0.39 is 9.84 Å².